The lowest BCUT2D eigenvalue weighted by Gasteiger charge is -2.25. The normalized spacial score (nSPS) is 18.4. The molecule has 1 unspecified atom stereocenters. The molecule has 0 radical (unpaired) electrons. The maximum absolute atomic E-state index is 12.5. The van der Waals surface area contributed by atoms with E-state index in [2.05, 4.69) is 10.1 Å². The summed E-state index contributed by atoms with van der Waals surface area (Å²) in [7, 11) is 0. The van der Waals surface area contributed by atoms with Crippen LogP contribution >= 0.6 is 0 Å². The Hall–Kier alpha value is -2.38. The fraction of sp³-hybridized carbons (Fsp3) is 0.400. The first-order valence-electron chi connectivity index (χ1n) is 7.25. The Labute approximate surface area is 130 Å². The number of likely N-dealkylation sites (tertiary alicyclic amines) is 1. The minimum atomic E-state index is -4.50. The summed E-state index contributed by atoms with van der Waals surface area (Å²) < 4.78 is 38.7. The van der Waals surface area contributed by atoms with E-state index in [0.717, 1.165) is 29.2 Å². The number of hydrogen-bond acceptors (Lipinski definition) is 3. The van der Waals surface area contributed by atoms with Crippen LogP contribution in [0.3, 0.4) is 0 Å². The maximum Gasteiger partial charge on any atom is 0.435 e. The van der Waals surface area contributed by atoms with Gasteiger partial charge in [0.1, 0.15) is 6.54 Å². The van der Waals surface area contributed by atoms with Crippen LogP contribution in [0.25, 0.3) is 0 Å². The summed E-state index contributed by atoms with van der Waals surface area (Å²) in [6, 6.07) is 4.53. The summed E-state index contributed by atoms with van der Waals surface area (Å²) >= 11 is 0. The zero-order valence-corrected chi connectivity index (χ0v) is 12.2. The van der Waals surface area contributed by atoms with Crippen LogP contribution in [0.5, 0.6) is 0 Å². The molecule has 1 saturated heterocycles. The Bertz CT molecular complexity index is 684. The van der Waals surface area contributed by atoms with Crippen LogP contribution in [-0.4, -0.2) is 32.1 Å². The SMILES string of the molecule is O=C(Cn1ccc(C(F)(F)F)n1)N1CCCC1c1ccncc1. The van der Waals surface area contributed by atoms with Crippen LogP contribution < -0.4 is 0 Å². The number of rotatable bonds is 3. The van der Waals surface area contributed by atoms with Gasteiger partial charge in [-0.1, -0.05) is 0 Å². The van der Waals surface area contributed by atoms with Crippen molar-refractivity contribution in [3.8, 4) is 0 Å². The molecule has 3 rings (SSSR count). The van der Waals surface area contributed by atoms with Gasteiger partial charge in [0.05, 0.1) is 6.04 Å². The first-order valence-corrected chi connectivity index (χ1v) is 7.25. The number of carbonyl (C=O) groups excluding carboxylic acids is 1. The predicted octanol–water partition coefficient (Wildman–Crippen LogP) is 2.66. The number of halogens is 3. The zero-order chi connectivity index (χ0) is 16.4. The zero-order valence-electron chi connectivity index (χ0n) is 12.2. The molecule has 1 aliphatic heterocycles. The van der Waals surface area contributed by atoms with Crippen LogP contribution in [-0.2, 0) is 17.5 Å². The van der Waals surface area contributed by atoms with Gasteiger partial charge in [-0.25, -0.2) is 0 Å². The van der Waals surface area contributed by atoms with Crippen molar-refractivity contribution in [3.05, 3.63) is 48.0 Å². The quantitative estimate of drug-likeness (QED) is 0.872. The van der Waals surface area contributed by atoms with Crippen molar-refractivity contribution >= 4 is 5.91 Å². The van der Waals surface area contributed by atoms with Gasteiger partial charge in [-0.2, -0.15) is 18.3 Å². The van der Waals surface area contributed by atoms with Crippen LogP contribution in [0.15, 0.2) is 36.8 Å². The van der Waals surface area contributed by atoms with Crippen LogP contribution in [0.4, 0.5) is 13.2 Å². The summed E-state index contributed by atoms with van der Waals surface area (Å²) in [5.74, 6) is -0.235. The molecule has 0 N–H and O–H groups in total. The van der Waals surface area contributed by atoms with E-state index in [1.165, 1.54) is 6.20 Å². The number of alkyl halides is 3. The first-order chi connectivity index (χ1) is 10.9. The fourth-order valence-electron chi connectivity index (χ4n) is 2.83. The van der Waals surface area contributed by atoms with Gasteiger partial charge in [-0.05, 0) is 36.6 Å². The number of carbonyl (C=O) groups is 1. The van der Waals surface area contributed by atoms with Gasteiger partial charge < -0.3 is 4.90 Å². The van der Waals surface area contributed by atoms with Gasteiger partial charge in [0, 0.05) is 25.1 Å². The van der Waals surface area contributed by atoms with Crippen molar-refractivity contribution in [2.45, 2.75) is 31.6 Å². The van der Waals surface area contributed by atoms with Crippen LogP contribution in [0.1, 0.15) is 30.1 Å². The van der Waals surface area contributed by atoms with Gasteiger partial charge in [0.15, 0.2) is 5.69 Å². The Kier molecular flexibility index (Phi) is 4.06. The molecule has 0 aromatic carbocycles. The van der Waals surface area contributed by atoms with E-state index in [1.54, 1.807) is 17.3 Å². The van der Waals surface area contributed by atoms with E-state index < -0.39 is 11.9 Å². The predicted molar refractivity (Wildman–Crippen MR) is 75.2 cm³/mol. The van der Waals surface area contributed by atoms with Gasteiger partial charge in [-0.15, -0.1) is 0 Å². The second-order valence-corrected chi connectivity index (χ2v) is 5.42. The van der Waals surface area contributed by atoms with Crippen molar-refractivity contribution in [2.24, 2.45) is 0 Å². The molecule has 0 aliphatic carbocycles. The third-order valence-electron chi connectivity index (χ3n) is 3.89. The number of aromatic nitrogens is 3. The summed E-state index contributed by atoms with van der Waals surface area (Å²) in [5, 5.41) is 3.42. The molecule has 1 atom stereocenters. The maximum atomic E-state index is 12.5. The lowest BCUT2D eigenvalue weighted by molar-refractivity contribution is -0.142. The third-order valence-corrected chi connectivity index (χ3v) is 3.89. The fourth-order valence-corrected chi connectivity index (χ4v) is 2.83. The summed E-state index contributed by atoms with van der Waals surface area (Å²) in [6.45, 7) is 0.400. The van der Waals surface area contributed by atoms with E-state index >= 15 is 0 Å². The molecular weight excluding hydrogens is 309 g/mol. The highest BCUT2D eigenvalue weighted by molar-refractivity contribution is 5.76. The standard InChI is InChI=1S/C15H15F3N4O/c16-15(17,18)13-5-9-21(20-13)10-14(23)22-8-1-2-12(22)11-3-6-19-7-4-11/h3-7,9,12H,1-2,8,10H2. The molecule has 0 saturated carbocycles. The molecule has 2 aromatic heterocycles. The van der Waals surface area contributed by atoms with Crippen molar-refractivity contribution in [2.75, 3.05) is 6.54 Å². The summed E-state index contributed by atoms with van der Waals surface area (Å²) in [5.41, 5.74) is -0.000276. The number of amides is 1. The van der Waals surface area contributed by atoms with E-state index in [4.69, 9.17) is 0 Å². The minimum absolute atomic E-state index is 0.0526. The summed E-state index contributed by atoms with van der Waals surface area (Å²) in [6.07, 6.45) is 1.72. The summed E-state index contributed by atoms with van der Waals surface area (Å²) in [4.78, 5) is 18.1. The highest BCUT2D eigenvalue weighted by Crippen LogP contribution is 2.32. The van der Waals surface area contributed by atoms with Crippen molar-refractivity contribution in [1.82, 2.24) is 19.7 Å². The second-order valence-electron chi connectivity index (χ2n) is 5.42. The first kappa shape index (κ1) is 15.5. The van der Waals surface area contributed by atoms with E-state index in [0.29, 0.717) is 6.54 Å². The average molecular weight is 324 g/mol. The van der Waals surface area contributed by atoms with Gasteiger partial charge in [0.2, 0.25) is 5.91 Å². The minimum Gasteiger partial charge on any atom is -0.334 e. The van der Waals surface area contributed by atoms with Gasteiger partial charge >= 0.3 is 6.18 Å². The molecular formula is C15H15F3N4O. The highest BCUT2D eigenvalue weighted by atomic mass is 19.4. The van der Waals surface area contributed by atoms with Crippen molar-refractivity contribution < 1.29 is 18.0 Å². The highest BCUT2D eigenvalue weighted by Gasteiger charge is 2.34. The Morgan fingerprint density at radius 1 is 1.26 bits per heavy atom. The molecule has 5 nitrogen and oxygen atoms in total. The van der Waals surface area contributed by atoms with Crippen LogP contribution in [0, 0.1) is 0 Å². The van der Waals surface area contributed by atoms with E-state index in [9.17, 15) is 18.0 Å². The molecule has 2 aromatic rings. The smallest absolute Gasteiger partial charge is 0.334 e. The largest absolute Gasteiger partial charge is 0.435 e. The lowest BCUT2D eigenvalue weighted by Crippen LogP contribution is -2.33. The molecule has 1 amide bonds. The molecule has 0 bridgehead atoms. The number of nitrogens with zero attached hydrogens (tertiary/aromatic N) is 4. The van der Waals surface area contributed by atoms with Crippen LogP contribution in [0.2, 0.25) is 0 Å². The van der Waals surface area contributed by atoms with Crippen molar-refractivity contribution in [3.63, 3.8) is 0 Å². The van der Waals surface area contributed by atoms with E-state index in [1.807, 2.05) is 12.1 Å². The topological polar surface area (TPSA) is 51.0 Å². The molecule has 122 valence electrons. The van der Waals surface area contributed by atoms with Crippen molar-refractivity contribution in [1.29, 1.82) is 0 Å². The number of hydrogen-bond donors (Lipinski definition) is 0. The molecule has 1 fully saturated rings. The lowest BCUT2D eigenvalue weighted by atomic mass is 10.1. The van der Waals surface area contributed by atoms with Gasteiger partial charge in [0.25, 0.3) is 0 Å². The Morgan fingerprint density at radius 2 is 2.00 bits per heavy atom. The Balaban J connectivity index is 1.71. The monoisotopic (exact) mass is 324 g/mol. The average Bonchev–Trinajstić information content (AvgIpc) is 3.16. The molecule has 1 aliphatic rings. The Morgan fingerprint density at radius 3 is 2.65 bits per heavy atom. The molecule has 8 heteroatoms. The number of pyridine rings is 1. The van der Waals surface area contributed by atoms with E-state index in [-0.39, 0.29) is 18.5 Å². The third kappa shape index (κ3) is 3.35. The second kappa shape index (κ2) is 6.02. The van der Waals surface area contributed by atoms with Gasteiger partial charge in [-0.3, -0.25) is 14.5 Å². The molecule has 0 spiro atoms. The molecule has 23 heavy (non-hydrogen) atoms. The molecule has 3 heterocycles.